The SMILES string of the molecule is CCCC(=NOCC(C)Oc1ccc(Cl)cc1)C1C(=O)CC(C2CCCSC2)CC1=O.[Ca+2].[H-].[H-]. The van der Waals surface area contributed by atoms with Crippen molar-refractivity contribution < 1.29 is 22.0 Å². The Kier molecular flexibility index (Phi) is 12.4. The van der Waals surface area contributed by atoms with Crippen molar-refractivity contribution in [2.45, 2.75) is 58.5 Å². The predicted octanol–water partition coefficient (Wildman–Crippen LogP) is 5.43. The molecule has 2 aliphatic rings. The van der Waals surface area contributed by atoms with Gasteiger partial charge in [0.05, 0.1) is 5.71 Å². The molecule has 0 N–H and O–H groups in total. The van der Waals surface area contributed by atoms with Crippen LogP contribution in [0.25, 0.3) is 0 Å². The molecule has 1 aromatic carbocycles. The van der Waals surface area contributed by atoms with E-state index in [4.69, 9.17) is 21.2 Å². The Balaban J connectivity index is 0.00000363. The molecule has 5 nitrogen and oxygen atoms in total. The van der Waals surface area contributed by atoms with E-state index in [9.17, 15) is 9.59 Å². The molecule has 0 aromatic heterocycles. The fourth-order valence-electron chi connectivity index (χ4n) is 4.35. The normalized spacial score (nSPS) is 25.1. The van der Waals surface area contributed by atoms with E-state index in [1.165, 1.54) is 12.2 Å². The number of carbonyl (C=O) groups excluding carboxylic acids is 2. The standard InChI is InChI=1S/C24H32ClNO4S.Ca.2H/c1-3-5-21(26-29-14-16(2)30-20-9-7-19(25)8-10-20)24-22(27)12-18(13-23(24)28)17-6-4-11-31-15-17;;;/h7-10,16-18,24H,3-6,11-15H2,1-2H3;;;/q;+2;2*-1. The quantitative estimate of drug-likeness (QED) is 0.193. The van der Waals surface area contributed by atoms with Crippen molar-refractivity contribution in [1.29, 1.82) is 0 Å². The zero-order valence-corrected chi connectivity index (χ0v) is 22.8. The first-order valence-electron chi connectivity index (χ1n) is 11.2. The van der Waals surface area contributed by atoms with Gasteiger partial charge in [-0.2, -0.15) is 11.8 Å². The fourth-order valence-corrected chi connectivity index (χ4v) is 5.76. The fraction of sp³-hybridized carbons (Fsp3) is 0.625. The number of oxime groups is 1. The van der Waals surface area contributed by atoms with Crippen LogP contribution in [0.15, 0.2) is 29.4 Å². The molecule has 1 aliphatic heterocycles. The number of hydrogen-bond donors (Lipinski definition) is 0. The Hall–Kier alpha value is -0.270. The molecule has 174 valence electrons. The molecule has 1 saturated heterocycles. The average Bonchev–Trinajstić information content (AvgIpc) is 2.75. The second-order valence-corrected chi connectivity index (χ2v) is 10.1. The molecule has 3 rings (SSSR count). The molecule has 1 aliphatic carbocycles. The van der Waals surface area contributed by atoms with E-state index >= 15 is 0 Å². The summed E-state index contributed by atoms with van der Waals surface area (Å²) in [6, 6.07) is 7.12. The van der Waals surface area contributed by atoms with Gasteiger partial charge in [0.2, 0.25) is 0 Å². The summed E-state index contributed by atoms with van der Waals surface area (Å²) in [5.74, 6) is 2.93. The van der Waals surface area contributed by atoms with Gasteiger partial charge in [-0.1, -0.05) is 30.1 Å². The molecular weight excluding hydrogens is 474 g/mol. The Morgan fingerprint density at radius 1 is 1.22 bits per heavy atom. The van der Waals surface area contributed by atoms with E-state index in [1.807, 2.05) is 25.6 Å². The molecule has 2 unspecified atom stereocenters. The second-order valence-electron chi connectivity index (χ2n) is 8.52. The molecule has 2 atom stereocenters. The maximum Gasteiger partial charge on any atom is 2.00 e. The summed E-state index contributed by atoms with van der Waals surface area (Å²) in [4.78, 5) is 31.4. The average molecular weight is 508 g/mol. The summed E-state index contributed by atoms with van der Waals surface area (Å²) in [6.45, 7) is 4.13. The molecule has 0 amide bonds. The van der Waals surface area contributed by atoms with Gasteiger partial charge in [-0.3, -0.25) is 9.59 Å². The van der Waals surface area contributed by atoms with Gasteiger partial charge in [-0.15, -0.1) is 0 Å². The molecule has 0 radical (unpaired) electrons. The van der Waals surface area contributed by atoms with E-state index in [-0.39, 0.29) is 70.8 Å². The van der Waals surface area contributed by atoms with Crippen LogP contribution in [0.1, 0.15) is 55.2 Å². The third-order valence-electron chi connectivity index (χ3n) is 5.91. The van der Waals surface area contributed by atoms with E-state index in [1.54, 1.807) is 24.3 Å². The van der Waals surface area contributed by atoms with E-state index in [2.05, 4.69) is 5.16 Å². The van der Waals surface area contributed by atoms with E-state index < -0.39 is 5.92 Å². The number of halogens is 1. The van der Waals surface area contributed by atoms with Gasteiger partial charge < -0.3 is 12.4 Å². The van der Waals surface area contributed by atoms with Crippen LogP contribution in [-0.4, -0.2) is 79.2 Å². The Morgan fingerprint density at radius 2 is 1.91 bits per heavy atom. The smallest absolute Gasteiger partial charge is 1.00 e. The van der Waals surface area contributed by atoms with Gasteiger partial charge >= 0.3 is 37.7 Å². The number of rotatable bonds is 9. The summed E-state index contributed by atoms with van der Waals surface area (Å²) in [7, 11) is 0. The first kappa shape index (κ1) is 28.0. The van der Waals surface area contributed by atoms with Crippen molar-refractivity contribution in [2.24, 2.45) is 22.9 Å². The molecule has 0 bridgehead atoms. The number of nitrogens with zero attached hydrogens (tertiary/aromatic N) is 1. The Labute approximate surface area is 233 Å². The summed E-state index contributed by atoms with van der Waals surface area (Å²) < 4.78 is 5.79. The van der Waals surface area contributed by atoms with Gasteiger partial charge in [-0.25, -0.2) is 0 Å². The molecule has 1 aromatic rings. The molecule has 1 heterocycles. The predicted molar refractivity (Wildman–Crippen MR) is 134 cm³/mol. The monoisotopic (exact) mass is 507 g/mol. The maximum absolute atomic E-state index is 12.9. The van der Waals surface area contributed by atoms with Crippen molar-refractivity contribution in [3.63, 3.8) is 0 Å². The van der Waals surface area contributed by atoms with Gasteiger partial charge in [0.1, 0.15) is 29.3 Å². The molecule has 8 heteroatoms. The third kappa shape index (κ3) is 8.19. The van der Waals surface area contributed by atoms with Crippen LogP contribution < -0.4 is 4.74 Å². The van der Waals surface area contributed by atoms with Crippen molar-refractivity contribution in [3.05, 3.63) is 29.3 Å². The van der Waals surface area contributed by atoms with Gasteiger partial charge in [0.25, 0.3) is 0 Å². The number of Topliss-reactive ketones (excluding diaryl/α,β-unsaturated/α-hetero) is 2. The van der Waals surface area contributed by atoms with Crippen LogP contribution in [0.2, 0.25) is 5.02 Å². The number of hydrogen-bond acceptors (Lipinski definition) is 6. The van der Waals surface area contributed by atoms with Crippen LogP contribution >= 0.6 is 23.4 Å². The number of benzene rings is 1. The number of carbonyl (C=O) groups is 2. The van der Waals surface area contributed by atoms with Crippen LogP contribution in [0.5, 0.6) is 5.75 Å². The van der Waals surface area contributed by atoms with Crippen molar-refractivity contribution in [3.8, 4) is 5.75 Å². The third-order valence-corrected chi connectivity index (χ3v) is 7.41. The van der Waals surface area contributed by atoms with E-state index in [0.29, 0.717) is 41.7 Å². The number of thioether (sulfide) groups is 1. The van der Waals surface area contributed by atoms with E-state index in [0.717, 1.165) is 18.6 Å². The molecule has 1 saturated carbocycles. The Bertz CT molecular complexity index is 776. The largest absolute Gasteiger partial charge is 2.00 e. The molecule has 2 fully saturated rings. The minimum atomic E-state index is -0.736. The minimum absolute atomic E-state index is 0. The Morgan fingerprint density at radius 3 is 2.50 bits per heavy atom. The van der Waals surface area contributed by atoms with Crippen molar-refractivity contribution in [1.82, 2.24) is 0 Å². The number of ketones is 2. The minimum Gasteiger partial charge on any atom is -1.00 e. The number of ether oxygens (including phenoxy) is 1. The molecular formula is C24H34CaClNO4S. The van der Waals surface area contributed by atoms with Gasteiger partial charge in [0.15, 0.2) is 6.61 Å². The topological polar surface area (TPSA) is 65.0 Å². The summed E-state index contributed by atoms with van der Waals surface area (Å²) >= 11 is 7.84. The van der Waals surface area contributed by atoms with Gasteiger partial charge in [0, 0.05) is 17.9 Å². The van der Waals surface area contributed by atoms with Crippen molar-refractivity contribution in [2.75, 3.05) is 18.1 Å². The maximum atomic E-state index is 12.9. The first-order chi connectivity index (χ1) is 15.0. The van der Waals surface area contributed by atoms with Crippen LogP contribution in [0.4, 0.5) is 0 Å². The van der Waals surface area contributed by atoms with Crippen LogP contribution in [-0.2, 0) is 14.4 Å². The molecule has 32 heavy (non-hydrogen) atoms. The zero-order valence-electron chi connectivity index (χ0n) is 21.1. The van der Waals surface area contributed by atoms with Crippen LogP contribution in [0.3, 0.4) is 0 Å². The second kappa shape index (κ2) is 14.2. The summed E-state index contributed by atoms with van der Waals surface area (Å²) in [6.07, 6.45) is 4.44. The van der Waals surface area contributed by atoms with Crippen LogP contribution in [0, 0.1) is 17.8 Å². The summed E-state index contributed by atoms with van der Waals surface area (Å²) in [5, 5.41) is 4.89. The first-order valence-corrected chi connectivity index (χ1v) is 12.7. The zero-order chi connectivity index (χ0) is 22.2. The van der Waals surface area contributed by atoms with Crippen molar-refractivity contribution >= 4 is 78.4 Å². The van der Waals surface area contributed by atoms with Gasteiger partial charge in [-0.05, 0) is 73.8 Å². The molecule has 0 spiro atoms. The summed E-state index contributed by atoms with van der Waals surface area (Å²) in [5.41, 5.74) is 0.563.